The maximum absolute atomic E-state index is 5.66. The summed E-state index contributed by atoms with van der Waals surface area (Å²) in [4.78, 5) is 0. The van der Waals surface area contributed by atoms with Gasteiger partial charge in [0.25, 0.3) is 5.88 Å². The molecule has 6 heteroatoms. The highest BCUT2D eigenvalue weighted by Crippen LogP contribution is 2.14. The van der Waals surface area contributed by atoms with Crippen molar-refractivity contribution in [1.82, 2.24) is 10.3 Å². The van der Waals surface area contributed by atoms with Crippen molar-refractivity contribution in [3.8, 4) is 5.88 Å². The first kappa shape index (κ1) is 8.79. The van der Waals surface area contributed by atoms with Gasteiger partial charge in [-0.1, -0.05) is 0 Å². The van der Waals surface area contributed by atoms with Crippen LogP contribution in [-0.4, -0.2) is 22.5 Å². The van der Waals surface area contributed by atoms with Crippen LogP contribution in [0.25, 0.3) is 0 Å². The minimum atomic E-state index is -0.425. The fraction of sp³-hybridized carbons (Fsp3) is 0.667. The minimum absolute atomic E-state index is 0.138. The quantitative estimate of drug-likeness (QED) is 0.653. The molecule has 1 rings (SSSR count). The molecule has 0 amide bonds. The average molecular weight is 172 g/mol. The molecular formula is C6H12N4O2. The summed E-state index contributed by atoms with van der Waals surface area (Å²) < 4.78 is 9.44. The van der Waals surface area contributed by atoms with Crippen LogP contribution in [0.15, 0.2) is 4.63 Å². The molecule has 0 atom stereocenters. The average Bonchev–Trinajstić information content (AvgIpc) is 2.29. The van der Waals surface area contributed by atoms with Crippen molar-refractivity contribution in [2.24, 2.45) is 5.73 Å². The summed E-state index contributed by atoms with van der Waals surface area (Å²) in [7, 11) is 0. The molecule has 6 nitrogen and oxygen atoms in total. The fourth-order valence-corrected chi connectivity index (χ4v) is 0.542. The Hall–Kier alpha value is -1.30. The molecule has 0 fully saturated rings. The van der Waals surface area contributed by atoms with Crippen molar-refractivity contribution in [3.05, 3.63) is 0 Å². The van der Waals surface area contributed by atoms with Gasteiger partial charge in [-0.2, -0.15) is 0 Å². The normalized spacial score (nSPS) is 11.6. The summed E-state index contributed by atoms with van der Waals surface area (Å²) in [5.74, 6) is 0.327. The van der Waals surface area contributed by atoms with Gasteiger partial charge < -0.3 is 16.2 Å². The lowest BCUT2D eigenvalue weighted by Crippen LogP contribution is -2.38. The van der Waals surface area contributed by atoms with Gasteiger partial charge in [0, 0.05) is 5.54 Å². The van der Waals surface area contributed by atoms with Gasteiger partial charge in [-0.15, -0.1) is 0 Å². The molecule has 0 spiro atoms. The van der Waals surface area contributed by atoms with E-state index in [0.717, 1.165) is 0 Å². The van der Waals surface area contributed by atoms with E-state index in [1.807, 2.05) is 13.8 Å². The second-order valence-electron chi connectivity index (χ2n) is 3.23. The first-order valence-corrected chi connectivity index (χ1v) is 3.49. The lowest BCUT2D eigenvalue weighted by molar-refractivity contribution is 0.215. The molecule has 0 saturated carbocycles. The zero-order chi connectivity index (χ0) is 9.19. The van der Waals surface area contributed by atoms with Crippen LogP contribution in [0.4, 0.5) is 5.82 Å². The van der Waals surface area contributed by atoms with Crippen LogP contribution < -0.4 is 16.2 Å². The van der Waals surface area contributed by atoms with Gasteiger partial charge in [0.2, 0.25) is 5.82 Å². The number of ether oxygens (including phenoxy) is 1. The monoisotopic (exact) mass is 172 g/mol. The van der Waals surface area contributed by atoms with E-state index in [2.05, 4.69) is 14.9 Å². The summed E-state index contributed by atoms with van der Waals surface area (Å²) in [6, 6.07) is 0. The van der Waals surface area contributed by atoms with Crippen LogP contribution in [0.5, 0.6) is 5.88 Å². The summed E-state index contributed by atoms with van der Waals surface area (Å²) >= 11 is 0. The zero-order valence-electron chi connectivity index (χ0n) is 7.07. The smallest absolute Gasteiger partial charge is 0.300 e. The second kappa shape index (κ2) is 2.98. The van der Waals surface area contributed by atoms with Gasteiger partial charge in [0.1, 0.15) is 6.61 Å². The first-order valence-electron chi connectivity index (χ1n) is 3.49. The maximum atomic E-state index is 5.66. The maximum Gasteiger partial charge on any atom is 0.300 e. The Balaban J connectivity index is 2.49. The number of aromatic nitrogens is 2. The van der Waals surface area contributed by atoms with E-state index in [9.17, 15) is 0 Å². The third-order valence-corrected chi connectivity index (χ3v) is 1.06. The van der Waals surface area contributed by atoms with Crippen LogP contribution in [0, 0.1) is 0 Å². The molecule has 1 aromatic heterocycles. The van der Waals surface area contributed by atoms with Gasteiger partial charge in [0.15, 0.2) is 0 Å². The number of nitrogens with two attached hydrogens (primary N) is 2. The van der Waals surface area contributed by atoms with Gasteiger partial charge in [-0.05, 0) is 24.2 Å². The van der Waals surface area contributed by atoms with Crippen molar-refractivity contribution < 1.29 is 9.37 Å². The van der Waals surface area contributed by atoms with E-state index >= 15 is 0 Å². The molecule has 4 N–H and O–H groups in total. The lowest BCUT2D eigenvalue weighted by atomic mass is 10.1. The fourth-order valence-electron chi connectivity index (χ4n) is 0.542. The molecule has 1 heterocycles. The molecule has 0 aliphatic rings. The summed E-state index contributed by atoms with van der Waals surface area (Å²) in [5.41, 5.74) is 10.6. The molecule has 12 heavy (non-hydrogen) atoms. The summed E-state index contributed by atoms with van der Waals surface area (Å²) in [6.45, 7) is 3.97. The third-order valence-electron chi connectivity index (χ3n) is 1.06. The SMILES string of the molecule is CC(C)(N)COc1nonc1N. The van der Waals surface area contributed by atoms with E-state index in [-0.39, 0.29) is 11.7 Å². The topological polar surface area (TPSA) is 100 Å². The number of hydrogen-bond donors (Lipinski definition) is 2. The van der Waals surface area contributed by atoms with E-state index in [1.54, 1.807) is 0 Å². The van der Waals surface area contributed by atoms with Crippen molar-refractivity contribution in [1.29, 1.82) is 0 Å². The Morgan fingerprint density at radius 1 is 1.50 bits per heavy atom. The highest BCUT2D eigenvalue weighted by Gasteiger charge is 2.14. The Bertz CT molecular complexity index is 252. The van der Waals surface area contributed by atoms with Crippen molar-refractivity contribution in [2.45, 2.75) is 19.4 Å². The molecular weight excluding hydrogens is 160 g/mol. The molecule has 0 aromatic carbocycles. The molecule has 0 aliphatic heterocycles. The molecule has 68 valence electrons. The molecule has 0 unspecified atom stereocenters. The number of nitrogen functional groups attached to an aromatic ring is 1. The lowest BCUT2D eigenvalue weighted by Gasteiger charge is -2.17. The highest BCUT2D eigenvalue weighted by atomic mass is 16.6. The molecule has 0 radical (unpaired) electrons. The Morgan fingerprint density at radius 3 is 2.58 bits per heavy atom. The van der Waals surface area contributed by atoms with Gasteiger partial charge in [-0.3, -0.25) is 0 Å². The molecule has 0 aliphatic carbocycles. The van der Waals surface area contributed by atoms with E-state index in [4.69, 9.17) is 16.2 Å². The van der Waals surface area contributed by atoms with Crippen molar-refractivity contribution >= 4 is 5.82 Å². The van der Waals surface area contributed by atoms with Crippen LogP contribution in [0.2, 0.25) is 0 Å². The standard InChI is InChI=1S/C6H12N4O2/c1-6(2,8)3-11-5-4(7)9-12-10-5/h3,8H2,1-2H3,(H2,7,9). The van der Waals surface area contributed by atoms with Gasteiger partial charge in [-0.25, -0.2) is 4.63 Å². The molecule has 0 saturated heterocycles. The highest BCUT2D eigenvalue weighted by molar-refractivity contribution is 5.36. The summed E-state index contributed by atoms with van der Waals surface area (Å²) in [6.07, 6.45) is 0. The number of anilines is 1. The van der Waals surface area contributed by atoms with Gasteiger partial charge >= 0.3 is 0 Å². The predicted molar refractivity (Wildman–Crippen MR) is 42.5 cm³/mol. The van der Waals surface area contributed by atoms with Crippen LogP contribution in [-0.2, 0) is 0 Å². The largest absolute Gasteiger partial charge is 0.471 e. The third kappa shape index (κ3) is 2.39. The van der Waals surface area contributed by atoms with E-state index in [1.165, 1.54) is 0 Å². The first-order chi connectivity index (χ1) is 5.49. The van der Waals surface area contributed by atoms with Crippen molar-refractivity contribution in [2.75, 3.05) is 12.3 Å². The Labute approximate surface area is 69.8 Å². The van der Waals surface area contributed by atoms with Crippen molar-refractivity contribution in [3.63, 3.8) is 0 Å². The predicted octanol–water partition coefficient (Wildman–Crippen LogP) is -0.232. The van der Waals surface area contributed by atoms with Crippen LogP contribution >= 0.6 is 0 Å². The van der Waals surface area contributed by atoms with E-state index < -0.39 is 5.54 Å². The number of rotatable bonds is 3. The van der Waals surface area contributed by atoms with Crippen LogP contribution in [0.3, 0.4) is 0 Å². The molecule has 1 aromatic rings. The second-order valence-corrected chi connectivity index (χ2v) is 3.23. The Kier molecular flexibility index (Phi) is 2.18. The Morgan fingerprint density at radius 2 is 2.17 bits per heavy atom. The van der Waals surface area contributed by atoms with E-state index in [0.29, 0.717) is 6.61 Å². The summed E-state index contributed by atoms with van der Waals surface area (Å²) in [5, 5.41) is 6.77. The van der Waals surface area contributed by atoms with Gasteiger partial charge in [0.05, 0.1) is 0 Å². The molecule has 0 bridgehead atoms. The van der Waals surface area contributed by atoms with Crippen LogP contribution in [0.1, 0.15) is 13.8 Å². The minimum Gasteiger partial charge on any atom is -0.471 e. The number of hydrogen-bond acceptors (Lipinski definition) is 6. The zero-order valence-corrected chi connectivity index (χ0v) is 7.07. The number of nitrogens with zero attached hydrogens (tertiary/aromatic N) is 2.